The van der Waals surface area contributed by atoms with Crippen LogP contribution in [0, 0.1) is 18.8 Å². The first-order chi connectivity index (χ1) is 7.56. The number of pyridine rings is 1. The topological polar surface area (TPSA) is 16.1 Å². The van der Waals surface area contributed by atoms with Crippen LogP contribution in [-0.2, 0) is 0 Å². The van der Waals surface area contributed by atoms with Crippen molar-refractivity contribution in [2.24, 2.45) is 11.8 Å². The van der Waals surface area contributed by atoms with Crippen LogP contribution in [0.5, 0.6) is 0 Å². The fourth-order valence-electron chi connectivity index (χ4n) is 2.59. The van der Waals surface area contributed by atoms with Crippen molar-refractivity contribution in [3.63, 3.8) is 0 Å². The summed E-state index contributed by atoms with van der Waals surface area (Å²) in [5.41, 5.74) is 1.20. The molecule has 3 heteroatoms. The lowest BCUT2D eigenvalue weighted by atomic mass is 9.92. The predicted molar refractivity (Wildman–Crippen MR) is 71.8 cm³/mol. The van der Waals surface area contributed by atoms with E-state index in [9.17, 15) is 0 Å². The Bertz CT molecular complexity index is 368. The molecular formula is C13H19BrN2. The lowest BCUT2D eigenvalue weighted by Gasteiger charge is -2.36. The summed E-state index contributed by atoms with van der Waals surface area (Å²) in [7, 11) is 0. The van der Waals surface area contributed by atoms with Gasteiger partial charge < -0.3 is 4.90 Å². The Labute approximate surface area is 106 Å². The minimum Gasteiger partial charge on any atom is -0.355 e. The largest absolute Gasteiger partial charge is 0.355 e. The van der Waals surface area contributed by atoms with Gasteiger partial charge in [-0.05, 0) is 52.7 Å². The van der Waals surface area contributed by atoms with E-state index in [-0.39, 0.29) is 0 Å². The molecule has 88 valence electrons. The minimum absolute atomic E-state index is 0.763. The van der Waals surface area contributed by atoms with E-state index < -0.39 is 0 Å². The van der Waals surface area contributed by atoms with Crippen LogP contribution in [0.3, 0.4) is 0 Å². The summed E-state index contributed by atoms with van der Waals surface area (Å²) in [5, 5.41) is 0. The Kier molecular flexibility index (Phi) is 3.53. The Balaban J connectivity index is 2.23. The highest BCUT2D eigenvalue weighted by atomic mass is 79.9. The molecule has 1 aromatic rings. The van der Waals surface area contributed by atoms with E-state index in [2.05, 4.69) is 52.7 Å². The molecule has 0 N–H and O–H groups in total. The average molecular weight is 283 g/mol. The molecule has 2 unspecified atom stereocenters. The lowest BCUT2D eigenvalue weighted by Crippen LogP contribution is -2.39. The molecule has 0 aliphatic carbocycles. The van der Waals surface area contributed by atoms with Gasteiger partial charge in [0.1, 0.15) is 5.82 Å². The number of aromatic nitrogens is 1. The second-order valence-corrected chi connectivity index (χ2v) is 6.02. The van der Waals surface area contributed by atoms with Crippen LogP contribution in [0.2, 0.25) is 0 Å². The highest BCUT2D eigenvalue weighted by Gasteiger charge is 2.23. The van der Waals surface area contributed by atoms with E-state index in [1.54, 1.807) is 0 Å². The van der Waals surface area contributed by atoms with Crippen molar-refractivity contribution in [1.29, 1.82) is 0 Å². The maximum absolute atomic E-state index is 4.55. The summed E-state index contributed by atoms with van der Waals surface area (Å²) in [6.45, 7) is 8.97. The number of rotatable bonds is 1. The Morgan fingerprint density at radius 2 is 1.94 bits per heavy atom. The van der Waals surface area contributed by atoms with Gasteiger partial charge >= 0.3 is 0 Å². The number of hydrogen-bond acceptors (Lipinski definition) is 2. The van der Waals surface area contributed by atoms with Crippen molar-refractivity contribution >= 4 is 21.7 Å². The van der Waals surface area contributed by atoms with Crippen molar-refractivity contribution in [1.82, 2.24) is 4.98 Å². The number of piperidine rings is 1. The third-order valence-electron chi connectivity index (χ3n) is 3.13. The van der Waals surface area contributed by atoms with Crippen LogP contribution >= 0.6 is 15.9 Å². The van der Waals surface area contributed by atoms with Crippen LogP contribution in [-0.4, -0.2) is 18.1 Å². The van der Waals surface area contributed by atoms with Crippen LogP contribution in [0.1, 0.15) is 25.8 Å². The molecule has 0 radical (unpaired) electrons. The fraction of sp³-hybridized carbons (Fsp3) is 0.615. The Morgan fingerprint density at radius 1 is 1.31 bits per heavy atom. The fourth-order valence-corrected chi connectivity index (χ4v) is 3.31. The summed E-state index contributed by atoms with van der Waals surface area (Å²) in [6.07, 6.45) is 3.28. The molecule has 1 saturated heterocycles. The molecule has 1 aliphatic rings. The van der Waals surface area contributed by atoms with Crippen LogP contribution in [0.4, 0.5) is 5.82 Å². The molecule has 1 fully saturated rings. The molecule has 0 bridgehead atoms. The van der Waals surface area contributed by atoms with Crippen molar-refractivity contribution in [2.45, 2.75) is 27.2 Å². The number of nitrogens with zero attached hydrogens (tertiary/aromatic N) is 2. The molecule has 16 heavy (non-hydrogen) atoms. The second-order valence-electron chi connectivity index (χ2n) is 5.17. The number of aryl methyl sites for hydroxylation is 1. The van der Waals surface area contributed by atoms with Crippen molar-refractivity contribution in [3.8, 4) is 0 Å². The summed E-state index contributed by atoms with van der Waals surface area (Å²) < 4.78 is 1.12. The smallest absolute Gasteiger partial charge is 0.142 e. The van der Waals surface area contributed by atoms with E-state index >= 15 is 0 Å². The zero-order valence-electron chi connectivity index (χ0n) is 10.2. The predicted octanol–water partition coefficient (Wildman–Crippen LogP) is 3.63. The number of halogens is 1. The highest BCUT2D eigenvalue weighted by molar-refractivity contribution is 9.10. The summed E-state index contributed by atoms with van der Waals surface area (Å²) in [5.74, 6) is 2.63. The van der Waals surface area contributed by atoms with Gasteiger partial charge in [0.15, 0.2) is 0 Å². The van der Waals surface area contributed by atoms with Crippen LogP contribution in [0.15, 0.2) is 16.7 Å². The quantitative estimate of drug-likeness (QED) is 0.782. The van der Waals surface area contributed by atoms with Gasteiger partial charge in [-0.1, -0.05) is 13.8 Å². The van der Waals surface area contributed by atoms with Gasteiger partial charge in [0.05, 0.1) is 4.47 Å². The summed E-state index contributed by atoms with van der Waals surface area (Å²) in [6, 6.07) is 2.15. The molecule has 0 saturated carbocycles. The molecule has 2 atom stereocenters. The van der Waals surface area contributed by atoms with Gasteiger partial charge in [-0.15, -0.1) is 0 Å². The molecule has 2 nitrogen and oxygen atoms in total. The van der Waals surface area contributed by atoms with E-state index in [1.165, 1.54) is 12.0 Å². The molecule has 0 amide bonds. The number of anilines is 1. The van der Waals surface area contributed by atoms with Crippen molar-refractivity contribution in [2.75, 3.05) is 18.0 Å². The van der Waals surface area contributed by atoms with E-state index in [1.807, 2.05) is 6.20 Å². The van der Waals surface area contributed by atoms with E-state index in [0.29, 0.717) is 0 Å². The molecular weight excluding hydrogens is 264 g/mol. The third-order valence-corrected chi connectivity index (χ3v) is 3.71. The average Bonchev–Trinajstić information content (AvgIpc) is 2.15. The highest BCUT2D eigenvalue weighted by Crippen LogP contribution is 2.30. The second kappa shape index (κ2) is 4.74. The molecule has 1 aliphatic heterocycles. The molecule has 0 spiro atoms. The van der Waals surface area contributed by atoms with Crippen LogP contribution in [0.25, 0.3) is 0 Å². The van der Waals surface area contributed by atoms with Crippen molar-refractivity contribution in [3.05, 3.63) is 22.3 Å². The van der Waals surface area contributed by atoms with Crippen molar-refractivity contribution < 1.29 is 0 Å². The Hall–Kier alpha value is -0.570. The van der Waals surface area contributed by atoms with E-state index in [4.69, 9.17) is 0 Å². The third kappa shape index (κ3) is 2.57. The SMILES string of the molecule is Cc1cnc(N2CC(C)CC(C)C2)c(Br)c1. The zero-order chi connectivity index (χ0) is 11.7. The van der Waals surface area contributed by atoms with Gasteiger partial charge in [0.2, 0.25) is 0 Å². The minimum atomic E-state index is 0.763. The number of hydrogen-bond donors (Lipinski definition) is 0. The van der Waals surface area contributed by atoms with Crippen LogP contribution < -0.4 is 4.90 Å². The Morgan fingerprint density at radius 3 is 2.50 bits per heavy atom. The molecule has 0 aromatic carbocycles. The van der Waals surface area contributed by atoms with Gasteiger partial charge in [-0.25, -0.2) is 4.98 Å². The maximum atomic E-state index is 4.55. The van der Waals surface area contributed by atoms with Gasteiger partial charge in [0.25, 0.3) is 0 Å². The first kappa shape index (κ1) is 11.9. The molecule has 2 heterocycles. The lowest BCUT2D eigenvalue weighted by molar-refractivity contribution is 0.355. The monoisotopic (exact) mass is 282 g/mol. The standard InChI is InChI=1S/C13H19BrN2/c1-9-5-12(14)13(15-6-9)16-7-10(2)4-11(3)8-16/h5-6,10-11H,4,7-8H2,1-3H3. The van der Waals surface area contributed by atoms with Gasteiger partial charge in [-0.2, -0.15) is 0 Å². The zero-order valence-corrected chi connectivity index (χ0v) is 11.8. The van der Waals surface area contributed by atoms with Gasteiger partial charge in [-0.3, -0.25) is 0 Å². The van der Waals surface area contributed by atoms with E-state index in [0.717, 1.165) is 35.2 Å². The molecule has 2 rings (SSSR count). The first-order valence-corrected chi connectivity index (χ1v) is 6.72. The summed E-state index contributed by atoms with van der Waals surface area (Å²) >= 11 is 3.62. The van der Waals surface area contributed by atoms with Gasteiger partial charge in [0, 0.05) is 19.3 Å². The maximum Gasteiger partial charge on any atom is 0.142 e. The first-order valence-electron chi connectivity index (χ1n) is 5.93. The summed E-state index contributed by atoms with van der Waals surface area (Å²) in [4.78, 5) is 6.95. The molecule has 1 aromatic heterocycles. The normalized spacial score (nSPS) is 25.9.